The van der Waals surface area contributed by atoms with E-state index in [0.717, 1.165) is 22.2 Å². The molecular weight excluding hydrogens is 434 g/mol. The van der Waals surface area contributed by atoms with E-state index in [2.05, 4.69) is 22.3 Å². The third-order valence-corrected chi connectivity index (χ3v) is 6.10. The van der Waals surface area contributed by atoms with E-state index in [1.165, 1.54) is 18.7 Å². The van der Waals surface area contributed by atoms with E-state index in [-0.39, 0.29) is 12.4 Å². The summed E-state index contributed by atoms with van der Waals surface area (Å²) in [6.07, 6.45) is -0.0356. The SMILES string of the molecule is CC(=O)c1ccc(OC[C@H](O)CSc2nnc(Cc3ccccc3)n2-c2ccccc2)cc1. The zero-order chi connectivity index (χ0) is 23.0. The van der Waals surface area contributed by atoms with Crippen LogP contribution in [0, 0.1) is 0 Å². The average Bonchev–Trinajstić information content (AvgIpc) is 3.25. The fourth-order valence-electron chi connectivity index (χ4n) is 3.32. The van der Waals surface area contributed by atoms with Crippen molar-refractivity contribution in [3.63, 3.8) is 0 Å². The monoisotopic (exact) mass is 459 g/mol. The Labute approximate surface area is 197 Å². The first-order valence-electron chi connectivity index (χ1n) is 10.7. The molecule has 1 N–H and O–H groups in total. The first-order chi connectivity index (χ1) is 16.1. The van der Waals surface area contributed by atoms with Crippen molar-refractivity contribution < 1.29 is 14.6 Å². The minimum Gasteiger partial charge on any atom is -0.491 e. The molecule has 4 rings (SSSR count). The average molecular weight is 460 g/mol. The van der Waals surface area contributed by atoms with E-state index in [9.17, 15) is 9.90 Å². The van der Waals surface area contributed by atoms with Crippen LogP contribution < -0.4 is 4.74 Å². The van der Waals surface area contributed by atoms with Crippen LogP contribution in [0.4, 0.5) is 0 Å². The highest BCUT2D eigenvalue weighted by molar-refractivity contribution is 7.99. The Hall–Kier alpha value is -3.42. The Morgan fingerprint density at radius 2 is 1.64 bits per heavy atom. The van der Waals surface area contributed by atoms with Gasteiger partial charge in [0.25, 0.3) is 0 Å². The van der Waals surface area contributed by atoms with Crippen LogP contribution in [0.2, 0.25) is 0 Å². The summed E-state index contributed by atoms with van der Waals surface area (Å²) in [4.78, 5) is 11.4. The number of hydrogen-bond acceptors (Lipinski definition) is 6. The van der Waals surface area contributed by atoms with Crippen LogP contribution in [0.3, 0.4) is 0 Å². The van der Waals surface area contributed by atoms with Gasteiger partial charge >= 0.3 is 0 Å². The molecule has 0 radical (unpaired) electrons. The fraction of sp³-hybridized carbons (Fsp3) is 0.192. The van der Waals surface area contributed by atoms with Gasteiger partial charge in [-0.05, 0) is 48.9 Å². The van der Waals surface area contributed by atoms with E-state index in [1.54, 1.807) is 24.3 Å². The maximum Gasteiger partial charge on any atom is 0.195 e. The molecular formula is C26H25N3O3S. The zero-order valence-electron chi connectivity index (χ0n) is 18.3. The predicted molar refractivity (Wildman–Crippen MR) is 129 cm³/mol. The number of carbonyl (C=O) groups excluding carboxylic acids is 1. The number of aliphatic hydroxyl groups excluding tert-OH is 1. The number of ether oxygens (including phenoxy) is 1. The van der Waals surface area contributed by atoms with Crippen molar-refractivity contribution in [2.75, 3.05) is 12.4 Å². The first-order valence-corrected chi connectivity index (χ1v) is 11.7. The number of nitrogens with zero attached hydrogens (tertiary/aromatic N) is 3. The van der Waals surface area contributed by atoms with Crippen LogP contribution in [-0.4, -0.2) is 44.1 Å². The van der Waals surface area contributed by atoms with E-state index in [4.69, 9.17) is 4.74 Å². The van der Waals surface area contributed by atoms with Crippen LogP contribution in [0.1, 0.15) is 28.7 Å². The van der Waals surface area contributed by atoms with Gasteiger partial charge in [0.05, 0.1) is 6.10 Å². The zero-order valence-corrected chi connectivity index (χ0v) is 19.1. The van der Waals surface area contributed by atoms with Crippen molar-refractivity contribution >= 4 is 17.5 Å². The number of carbonyl (C=O) groups is 1. The lowest BCUT2D eigenvalue weighted by Gasteiger charge is -2.13. The molecule has 4 aromatic rings. The second-order valence-corrected chi connectivity index (χ2v) is 8.58. The minimum atomic E-state index is -0.694. The minimum absolute atomic E-state index is 0.00662. The molecule has 3 aromatic carbocycles. The molecule has 1 aromatic heterocycles. The van der Waals surface area contributed by atoms with E-state index < -0.39 is 6.10 Å². The van der Waals surface area contributed by atoms with Crippen molar-refractivity contribution in [2.45, 2.75) is 24.6 Å². The highest BCUT2D eigenvalue weighted by atomic mass is 32.2. The topological polar surface area (TPSA) is 77.2 Å². The summed E-state index contributed by atoms with van der Waals surface area (Å²) in [7, 11) is 0. The molecule has 1 heterocycles. The lowest BCUT2D eigenvalue weighted by Crippen LogP contribution is -2.20. The number of aliphatic hydroxyl groups is 1. The second-order valence-electron chi connectivity index (χ2n) is 7.59. The van der Waals surface area contributed by atoms with Crippen LogP contribution >= 0.6 is 11.8 Å². The van der Waals surface area contributed by atoms with Crippen LogP contribution in [0.25, 0.3) is 5.69 Å². The maximum atomic E-state index is 11.4. The summed E-state index contributed by atoms with van der Waals surface area (Å²) >= 11 is 1.44. The Bertz CT molecular complexity index is 1180. The van der Waals surface area contributed by atoms with Gasteiger partial charge in [-0.25, -0.2) is 0 Å². The second kappa shape index (κ2) is 10.9. The summed E-state index contributed by atoms with van der Waals surface area (Å²) in [6, 6.07) is 27.0. The van der Waals surface area contributed by atoms with Gasteiger partial charge in [-0.3, -0.25) is 9.36 Å². The van der Waals surface area contributed by atoms with Crippen molar-refractivity contribution in [1.29, 1.82) is 0 Å². The Morgan fingerprint density at radius 3 is 2.30 bits per heavy atom. The largest absolute Gasteiger partial charge is 0.491 e. The third-order valence-electron chi connectivity index (χ3n) is 5.03. The molecule has 0 saturated carbocycles. The standard InChI is InChI=1S/C26H25N3O3S/c1-19(30)21-12-14-24(15-13-21)32-17-23(31)18-33-26-28-27-25(16-20-8-4-2-5-9-20)29(26)22-10-6-3-7-11-22/h2-15,23,31H,16-18H2,1H3/t23-/m0/s1. The Balaban J connectivity index is 1.42. The van der Waals surface area contributed by atoms with Gasteiger partial charge in [0.2, 0.25) is 0 Å². The first kappa shape index (κ1) is 22.8. The molecule has 1 atom stereocenters. The molecule has 168 valence electrons. The molecule has 7 heteroatoms. The summed E-state index contributed by atoms with van der Waals surface area (Å²) in [5, 5.41) is 20.0. The van der Waals surface area contributed by atoms with E-state index >= 15 is 0 Å². The number of para-hydroxylation sites is 1. The van der Waals surface area contributed by atoms with Gasteiger partial charge in [-0.1, -0.05) is 60.3 Å². The molecule has 0 aliphatic carbocycles. The molecule has 0 bridgehead atoms. The predicted octanol–water partition coefficient (Wildman–Crippen LogP) is 4.59. The van der Waals surface area contributed by atoms with Gasteiger partial charge in [-0.15, -0.1) is 10.2 Å². The summed E-state index contributed by atoms with van der Waals surface area (Å²) in [6.45, 7) is 1.67. The molecule has 0 fully saturated rings. The number of rotatable bonds is 10. The van der Waals surface area contributed by atoms with Crippen molar-refractivity contribution in [1.82, 2.24) is 14.8 Å². The lowest BCUT2D eigenvalue weighted by atomic mass is 10.1. The quantitative estimate of drug-likeness (QED) is 0.276. The summed E-state index contributed by atoms with van der Waals surface area (Å²) in [5.41, 5.74) is 2.76. The molecule has 0 amide bonds. The van der Waals surface area contributed by atoms with Gasteiger partial charge in [0, 0.05) is 23.4 Å². The highest BCUT2D eigenvalue weighted by Crippen LogP contribution is 2.24. The van der Waals surface area contributed by atoms with E-state index in [1.807, 2.05) is 53.1 Å². The summed E-state index contributed by atoms with van der Waals surface area (Å²) < 4.78 is 7.71. The third kappa shape index (κ3) is 6.09. The number of hydrogen-bond donors (Lipinski definition) is 1. The van der Waals surface area contributed by atoms with Gasteiger partial charge < -0.3 is 9.84 Å². The smallest absolute Gasteiger partial charge is 0.195 e. The van der Waals surface area contributed by atoms with Gasteiger partial charge in [0.1, 0.15) is 18.2 Å². The molecule has 0 saturated heterocycles. The van der Waals surface area contributed by atoms with Gasteiger partial charge in [-0.2, -0.15) is 0 Å². The van der Waals surface area contributed by atoms with Crippen LogP contribution in [0.5, 0.6) is 5.75 Å². The van der Waals surface area contributed by atoms with Crippen molar-refractivity contribution in [2.24, 2.45) is 0 Å². The normalized spacial score (nSPS) is 11.8. The lowest BCUT2D eigenvalue weighted by molar-refractivity contribution is 0.101. The van der Waals surface area contributed by atoms with Crippen molar-refractivity contribution in [3.8, 4) is 11.4 Å². The van der Waals surface area contributed by atoms with Gasteiger partial charge in [0.15, 0.2) is 10.9 Å². The molecule has 33 heavy (non-hydrogen) atoms. The highest BCUT2D eigenvalue weighted by Gasteiger charge is 2.17. The number of aromatic nitrogens is 3. The number of thioether (sulfide) groups is 1. The molecule has 0 spiro atoms. The number of Topliss-reactive ketones (excluding diaryl/α,β-unsaturated/α-hetero) is 1. The molecule has 0 aliphatic heterocycles. The molecule has 6 nitrogen and oxygen atoms in total. The fourth-order valence-corrected chi connectivity index (χ4v) is 4.20. The Morgan fingerprint density at radius 1 is 0.970 bits per heavy atom. The van der Waals surface area contributed by atoms with Crippen LogP contribution in [0.15, 0.2) is 90.1 Å². The Kier molecular flexibility index (Phi) is 7.55. The molecule has 0 unspecified atom stereocenters. The number of benzene rings is 3. The number of ketones is 1. The van der Waals surface area contributed by atoms with Crippen molar-refractivity contribution in [3.05, 3.63) is 102 Å². The maximum absolute atomic E-state index is 11.4. The molecule has 0 aliphatic rings. The van der Waals surface area contributed by atoms with Crippen LogP contribution in [-0.2, 0) is 6.42 Å². The summed E-state index contributed by atoms with van der Waals surface area (Å²) in [5.74, 6) is 1.86. The van der Waals surface area contributed by atoms with E-state index in [0.29, 0.717) is 23.5 Å².